The second kappa shape index (κ2) is 9.74. The molecule has 0 saturated heterocycles. The number of hydrogen-bond donors (Lipinski definition) is 0. The first kappa shape index (κ1) is 23.4. The van der Waals surface area contributed by atoms with Gasteiger partial charge in [-0.2, -0.15) is 0 Å². The second-order valence-corrected chi connectivity index (χ2v) is 18.5. The highest BCUT2D eigenvalue weighted by Gasteiger charge is 2.37. The smallest absolute Gasteiger partial charge is 0.186 e. The van der Waals surface area contributed by atoms with Crippen molar-refractivity contribution in [1.29, 1.82) is 0 Å². The van der Waals surface area contributed by atoms with Crippen LogP contribution in [0, 0.1) is 17.3 Å². The van der Waals surface area contributed by atoms with E-state index in [4.69, 9.17) is 8.85 Å². The van der Waals surface area contributed by atoms with Gasteiger partial charge in [0.1, 0.15) is 0 Å². The monoisotopic (exact) mass is 360 g/mol. The predicted octanol–water partition coefficient (Wildman–Crippen LogP) is 6.55. The third-order valence-corrected chi connectivity index (χ3v) is 10.2. The summed E-state index contributed by atoms with van der Waals surface area (Å²) in [6.45, 7) is 25.0. The third-order valence-electron chi connectivity index (χ3n) is 4.92. The highest BCUT2D eigenvalue weighted by atomic mass is 28.4. The highest BCUT2D eigenvalue weighted by Crippen LogP contribution is 2.37. The van der Waals surface area contributed by atoms with Gasteiger partial charge in [-0.15, -0.1) is 0 Å². The third kappa shape index (κ3) is 10.1. The molecule has 0 aromatic rings. The van der Waals surface area contributed by atoms with Crippen LogP contribution in [0.25, 0.3) is 0 Å². The van der Waals surface area contributed by atoms with E-state index in [0.717, 1.165) is 13.2 Å². The van der Waals surface area contributed by atoms with E-state index in [2.05, 4.69) is 67.7 Å². The van der Waals surface area contributed by atoms with Crippen LogP contribution in [0.15, 0.2) is 0 Å². The fourth-order valence-corrected chi connectivity index (χ4v) is 4.80. The van der Waals surface area contributed by atoms with Gasteiger partial charge >= 0.3 is 0 Å². The minimum absolute atomic E-state index is 0.182. The average molecular weight is 361 g/mol. The van der Waals surface area contributed by atoms with E-state index in [1.165, 1.54) is 24.9 Å². The Kier molecular flexibility index (Phi) is 9.89. The lowest BCUT2D eigenvalue weighted by atomic mass is 9.75. The van der Waals surface area contributed by atoms with E-state index in [0.29, 0.717) is 11.8 Å². The molecule has 0 spiro atoms. The zero-order valence-electron chi connectivity index (χ0n) is 17.7. The Hall–Kier alpha value is 0.354. The van der Waals surface area contributed by atoms with Gasteiger partial charge in [0.2, 0.25) is 0 Å². The molecule has 0 N–H and O–H groups in total. The van der Waals surface area contributed by atoms with Crippen molar-refractivity contribution in [3.63, 3.8) is 0 Å². The SMILES string of the molecule is CC[Si](C)(C)OCC(CO[Si](C)(C)CC)(CC(C)C)CC(C)C. The summed E-state index contributed by atoms with van der Waals surface area (Å²) in [5.41, 5.74) is 0.182. The molecule has 0 fully saturated rings. The zero-order valence-corrected chi connectivity index (χ0v) is 19.7. The van der Waals surface area contributed by atoms with Crippen molar-refractivity contribution in [3.8, 4) is 0 Å². The van der Waals surface area contributed by atoms with E-state index in [-0.39, 0.29) is 5.41 Å². The highest BCUT2D eigenvalue weighted by molar-refractivity contribution is 6.71. The van der Waals surface area contributed by atoms with Crippen LogP contribution in [0.5, 0.6) is 0 Å². The molecule has 0 heterocycles. The van der Waals surface area contributed by atoms with Crippen molar-refractivity contribution in [3.05, 3.63) is 0 Å². The molecule has 4 heteroatoms. The molecule has 0 atom stereocenters. The number of rotatable bonds is 12. The van der Waals surface area contributed by atoms with Crippen molar-refractivity contribution in [2.45, 2.75) is 92.7 Å². The summed E-state index contributed by atoms with van der Waals surface area (Å²) in [6.07, 6.45) is 2.40. The Balaban J connectivity index is 5.23. The molecule has 0 rings (SSSR count). The standard InChI is InChI=1S/C19H44O2Si2/c1-11-22(7,8)20-15-19(13-17(3)4,14-18(5)6)16-21-23(9,10)12-2/h17-18H,11-16H2,1-10H3. The van der Waals surface area contributed by atoms with Gasteiger partial charge in [0.05, 0.1) is 0 Å². The summed E-state index contributed by atoms with van der Waals surface area (Å²) in [4.78, 5) is 0. The van der Waals surface area contributed by atoms with Crippen molar-refractivity contribution in [2.75, 3.05) is 13.2 Å². The molecule has 0 radical (unpaired) electrons. The van der Waals surface area contributed by atoms with Gasteiger partial charge in [-0.25, -0.2) is 0 Å². The normalized spacial score (nSPS) is 14.1. The first-order valence-electron chi connectivity index (χ1n) is 9.65. The van der Waals surface area contributed by atoms with Crippen LogP contribution in [-0.2, 0) is 8.85 Å². The van der Waals surface area contributed by atoms with Gasteiger partial charge in [-0.1, -0.05) is 41.5 Å². The molecule has 23 heavy (non-hydrogen) atoms. The Morgan fingerprint density at radius 3 is 1.22 bits per heavy atom. The summed E-state index contributed by atoms with van der Waals surface area (Å²) in [5, 5.41) is 0. The predicted molar refractivity (Wildman–Crippen MR) is 109 cm³/mol. The number of hydrogen-bond acceptors (Lipinski definition) is 2. The van der Waals surface area contributed by atoms with Crippen LogP contribution >= 0.6 is 0 Å². The molecule has 0 aliphatic heterocycles. The van der Waals surface area contributed by atoms with Gasteiger partial charge in [-0.3, -0.25) is 0 Å². The molecular formula is C19H44O2Si2. The molecule has 0 bridgehead atoms. The van der Waals surface area contributed by atoms with Crippen LogP contribution in [0.1, 0.15) is 54.4 Å². The van der Waals surface area contributed by atoms with Gasteiger partial charge < -0.3 is 8.85 Å². The maximum Gasteiger partial charge on any atom is 0.186 e. The fraction of sp³-hybridized carbons (Fsp3) is 1.00. The molecule has 0 saturated carbocycles. The molecule has 0 aliphatic carbocycles. The largest absolute Gasteiger partial charge is 0.417 e. The Morgan fingerprint density at radius 1 is 0.696 bits per heavy atom. The quantitative estimate of drug-likeness (QED) is 0.367. The summed E-state index contributed by atoms with van der Waals surface area (Å²) < 4.78 is 13.0. The molecule has 2 nitrogen and oxygen atoms in total. The zero-order chi connectivity index (χ0) is 18.3. The Bertz CT molecular complexity index is 293. The van der Waals surface area contributed by atoms with E-state index < -0.39 is 16.6 Å². The lowest BCUT2D eigenvalue weighted by Gasteiger charge is -2.41. The van der Waals surface area contributed by atoms with Gasteiger partial charge in [0, 0.05) is 18.6 Å². The van der Waals surface area contributed by atoms with Crippen LogP contribution in [0.2, 0.25) is 38.3 Å². The van der Waals surface area contributed by atoms with Crippen molar-refractivity contribution in [2.24, 2.45) is 17.3 Å². The first-order valence-corrected chi connectivity index (χ1v) is 15.9. The molecular weight excluding hydrogens is 316 g/mol. The van der Waals surface area contributed by atoms with E-state index in [1.54, 1.807) is 0 Å². The van der Waals surface area contributed by atoms with E-state index in [9.17, 15) is 0 Å². The van der Waals surface area contributed by atoms with Crippen LogP contribution in [0.3, 0.4) is 0 Å². The topological polar surface area (TPSA) is 18.5 Å². The Morgan fingerprint density at radius 2 is 1.00 bits per heavy atom. The minimum Gasteiger partial charge on any atom is -0.417 e. The van der Waals surface area contributed by atoms with E-state index >= 15 is 0 Å². The maximum atomic E-state index is 6.52. The average Bonchev–Trinajstić information content (AvgIpc) is 2.42. The fourth-order valence-electron chi connectivity index (χ4n) is 2.99. The Labute approximate surface area is 149 Å². The first-order chi connectivity index (χ1) is 10.4. The summed E-state index contributed by atoms with van der Waals surface area (Å²) in [7, 11) is -3.03. The molecule has 0 aromatic heterocycles. The summed E-state index contributed by atoms with van der Waals surface area (Å²) in [5.74, 6) is 1.36. The maximum absolute atomic E-state index is 6.52. The molecule has 0 aromatic carbocycles. The van der Waals surface area contributed by atoms with Crippen molar-refractivity contribution >= 4 is 16.6 Å². The van der Waals surface area contributed by atoms with Gasteiger partial charge in [0.15, 0.2) is 16.6 Å². The summed E-state index contributed by atoms with van der Waals surface area (Å²) >= 11 is 0. The van der Waals surface area contributed by atoms with Crippen LogP contribution < -0.4 is 0 Å². The van der Waals surface area contributed by atoms with Crippen LogP contribution in [0.4, 0.5) is 0 Å². The molecule has 0 unspecified atom stereocenters. The van der Waals surface area contributed by atoms with Crippen molar-refractivity contribution in [1.82, 2.24) is 0 Å². The molecule has 0 aliphatic rings. The van der Waals surface area contributed by atoms with Gasteiger partial charge in [0.25, 0.3) is 0 Å². The second-order valence-electron chi connectivity index (χ2n) is 9.50. The van der Waals surface area contributed by atoms with E-state index in [1.807, 2.05) is 0 Å². The van der Waals surface area contributed by atoms with Crippen LogP contribution in [-0.4, -0.2) is 29.8 Å². The van der Waals surface area contributed by atoms with Crippen molar-refractivity contribution < 1.29 is 8.85 Å². The lowest BCUT2D eigenvalue weighted by molar-refractivity contribution is 0.0329. The summed E-state index contributed by atoms with van der Waals surface area (Å²) in [6, 6.07) is 2.37. The van der Waals surface area contributed by atoms with Gasteiger partial charge in [-0.05, 0) is 63.0 Å². The minimum atomic E-state index is -1.52. The molecule has 0 amide bonds. The molecule has 140 valence electrons. The lowest BCUT2D eigenvalue weighted by Crippen LogP contribution is -2.44.